The van der Waals surface area contributed by atoms with Gasteiger partial charge in [0.2, 0.25) is 0 Å². The van der Waals surface area contributed by atoms with Crippen molar-refractivity contribution < 1.29 is 19.8 Å². The van der Waals surface area contributed by atoms with E-state index in [4.69, 9.17) is 5.11 Å². The van der Waals surface area contributed by atoms with Crippen LogP contribution in [0, 0.1) is 0 Å². The third-order valence-corrected chi connectivity index (χ3v) is 4.27. The number of nitrogens with one attached hydrogen (secondary N) is 1. The van der Waals surface area contributed by atoms with Crippen LogP contribution in [0.5, 0.6) is 0 Å². The first-order chi connectivity index (χ1) is 10.1. The second kappa shape index (κ2) is 7.61. The summed E-state index contributed by atoms with van der Waals surface area (Å²) < 4.78 is 0. The molecule has 2 fully saturated rings. The number of carbonyl (C=O) groups is 2. The van der Waals surface area contributed by atoms with Gasteiger partial charge in [-0.2, -0.15) is 0 Å². The zero-order valence-corrected chi connectivity index (χ0v) is 12.3. The molecular weight excluding hydrogens is 274 g/mol. The largest absolute Gasteiger partial charge is 0.480 e. The maximum absolute atomic E-state index is 12.3. The minimum absolute atomic E-state index is 0.0246. The standard InChI is InChI=1S/C14H25N3O4/c18-12-5-2-1-4-11(12)15-14(21)17-7-3-6-16(8-9-17)10-13(19)20/h11-12,18H,1-10H2,(H,15,21)(H,19,20). The lowest BCUT2D eigenvalue weighted by molar-refractivity contribution is -0.138. The number of carboxylic acid groups (broad SMARTS) is 1. The molecule has 1 heterocycles. The van der Waals surface area contributed by atoms with Crippen molar-refractivity contribution in [2.75, 3.05) is 32.7 Å². The van der Waals surface area contributed by atoms with E-state index < -0.39 is 12.1 Å². The predicted molar refractivity (Wildman–Crippen MR) is 77.1 cm³/mol. The van der Waals surface area contributed by atoms with E-state index in [0.29, 0.717) is 26.2 Å². The monoisotopic (exact) mass is 299 g/mol. The quantitative estimate of drug-likeness (QED) is 0.687. The summed E-state index contributed by atoms with van der Waals surface area (Å²) in [7, 11) is 0. The Balaban J connectivity index is 1.81. The van der Waals surface area contributed by atoms with Gasteiger partial charge >= 0.3 is 12.0 Å². The van der Waals surface area contributed by atoms with E-state index in [0.717, 1.165) is 32.1 Å². The molecule has 2 aliphatic rings. The molecule has 2 rings (SSSR count). The molecule has 0 spiro atoms. The number of hydrogen-bond acceptors (Lipinski definition) is 4. The average molecular weight is 299 g/mol. The molecule has 21 heavy (non-hydrogen) atoms. The van der Waals surface area contributed by atoms with Crippen molar-refractivity contribution in [2.45, 2.75) is 44.2 Å². The summed E-state index contributed by atoms with van der Waals surface area (Å²) >= 11 is 0. The van der Waals surface area contributed by atoms with Crippen molar-refractivity contribution in [3.8, 4) is 0 Å². The molecule has 3 N–H and O–H groups in total. The van der Waals surface area contributed by atoms with Gasteiger partial charge in [0, 0.05) is 26.2 Å². The van der Waals surface area contributed by atoms with E-state index in [1.807, 2.05) is 4.90 Å². The summed E-state index contributed by atoms with van der Waals surface area (Å²) in [4.78, 5) is 26.6. The van der Waals surface area contributed by atoms with Crippen molar-refractivity contribution in [3.63, 3.8) is 0 Å². The number of urea groups is 1. The van der Waals surface area contributed by atoms with Crippen LogP contribution in [-0.4, -0.2) is 76.9 Å². The topological polar surface area (TPSA) is 93.1 Å². The zero-order valence-electron chi connectivity index (χ0n) is 12.3. The fourth-order valence-corrected chi connectivity index (χ4v) is 3.05. The fraction of sp³-hybridized carbons (Fsp3) is 0.857. The highest BCUT2D eigenvalue weighted by atomic mass is 16.4. The number of nitrogens with zero attached hydrogens (tertiary/aromatic N) is 2. The molecular formula is C14H25N3O4. The van der Waals surface area contributed by atoms with Crippen LogP contribution in [0.15, 0.2) is 0 Å². The van der Waals surface area contributed by atoms with E-state index in [9.17, 15) is 14.7 Å². The molecule has 0 radical (unpaired) electrons. The number of carboxylic acids is 1. The van der Waals surface area contributed by atoms with Crippen molar-refractivity contribution >= 4 is 12.0 Å². The number of amides is 2. The third-order valence-electron chi connectivity index (χ3n) is 4.27. The highest BCUT2D eigenvalue weighted by molar-refractivity contribution is 5.74. The number of hydrogen-bond donors (Lipinski definition) is 3. The molecule has 1 aliphatic carbocycles. The summed E-state index contributed by atoms with van der Waals surface area (Å²) in [5.74, 6) is -0.835. The second-order valence-electron chi connectivity index (χ2n) is 5.92. The minimum atomic E-state index is -0.835. The lowest BCUT2D eigenvalue weighted by atomic mass is 9.93. The summed E-state index contributed by atoms with van der Waals surface area (Å²) in [6.07, 6.45) is 3.95. The second-order valence-corrected chi connectivity index (χ2v) is 5.92. The molecule has 0 aromatic rings. The summed E-state index contributed by atoms with van der Waals surface area (Å²) in [6, 6.07) is -0.289. The highest BCUT2D eigenvalue weighted by Crippen LogP contribution is 2.18. The molecule has 1 saturated carbocycles. The highest BCUT2D eigenvalue weighted by Gasteiger charge is 2.27. The van der Waals surface area contributed by atoms with Gasteiger partial charge in [-0.25, -0.2) is 4.79 Å². The van der Waals surface area contributed by atoms with Crippen molar-refractivity contribution in [3.05, 3.63) is 0 Å². The molecule has 7 nitrogen and oxygen atoms in total. The van der Waals surface area contributed by atoms with Crippen LogP contribution in [0.25, 0.3) is 0 Å². The summed E-state index contributed by atoms with van der Waals surface area (Å²) in [5, 5.41) is 21.6. The lowest BCUT2D eigenvalue weighted by Crippen LogP contribution is -2.51. The van der Waals surface area contributed by atoms with E-state index in [2.05, 4.69) is 5.32 Å². The van der Waals surface area contributed by atoms with Crippen LogP contribution in [-0.2, 0) is 4.79 Å². The zero-order chi connectivity index (χ0) is 15.2. The van der Waals surface area contributed by atoms with Gasteiger partial charge in [0.15, 0.2) is 0 Å². The van der Waals surface area contributed by atoms with Crippen LogP contribution in [0.3, 0.4) is 0 Å². The van der Waals surface area contributed by atoms with Gasteiger partial charge in [-0.1, -0.05) is 12.8 Å². The van der Waals surface area contributed by atoms with Gasteiger partial charge in [0.05, 0.1) is 18.7 Å². The number of rotatable bonds is 3. The molecule has 1 saturated heterocycles. The van der Waals surface area contributed by atoms with E-state index in [1.54, 1.807) is 4.90 Å². The molecule has 7 heteroatoms. The van der Waals surface area contributed by atoms with Gasteiger partial charge in [0.25, 0.3) is 0 Å². The van der Waals surface area contributed by atoms with Gasteiger partial charge in [-0.15, -0.1) is 0 Å². The Hall–Kier alpha value is -1.34. The van der Waals surface area contributed by atoms with Crippen molar-refractivity contribution in [2.24, 2.45) is 0 Å². The molecule has 1 aliphatic heterocycles. The van der Waals surface area contributed by atoms with Crippen molar-refractivity contribution in [1.29, 1.82) is 0 Å². The van der Waals surface area contributed by atoms with Gasteiger partial charge < -0.3 is 20.4 Å². The summed E-state index contributed by atoms with van der Waals surface area (Å²) in [6.45, 7) is 2.46. The first-order valence-electron chi connectivity index (χ1n) is 7.74. The van der Waals surface area contributed by atoms with Gasteiger partial charge in [-0.05, 0) is 19.3 Å². The van der Waals surface area contributed by atoms with E-state index in [1.165, 1.54) is 0 Å². The molecule has 120 valence electrons. The molecule has 2 atom stereocenters. The van der Waals surface area contributed by atoms with Crippen molar-refractivity contribution in [1.82, 2.24) is 15.1 Å². The molecule has 0 bridgehead atoms. The Kier molecular flexibility index (Phi) is 5.81. The molecule has 2 amide bonds. The first kappa shape index (κ1) is 16.0. The van der Waals surface area contributed by atoms with Crippen LogP contribution >= 0.6 is 0 Å². The predicted octanol–water partition coefficient (Wildman–Crippen LogP) is 0.0918. The Morgan fingerprint density at radius 1 is 1.05 bits per heavy atom. The lowest BCUT2D eigenvalue weighted by Gasteiger charge is -2.31. The number of carbonyl (C=O) groups excluding carboxylic acids is 1. The SMILES string of the molecule is O=C(O)CN1CCCN(C(=O)NC2CCCCC2O)CC1. The third kappa shape index (κ3) is 4.86. The maximum Gasteiger partial charge on any atom is 0.317 e. The first-order valence-corrected chi connectivity index (χ1v) is 7.74. The molecule has 0 aromatic carbocycles. The summed E-state index contributed by atoms with van der Waals surface area (Å²) in [5.41, 5.74) is 0. The Bertz CT molecular complexity index is 377. The fourth-order valence-electron chi connectivity index (χ4n) is 3.05. The number of aliphatic carboxylic acids is 1. The molecule has 2 unspecified atom stereocenters. The minimum Gasteiger partial charge on any atom is -0.480 e. The smallest absolute Gasteiger partial charge is 0.317 e. The van der Waals surface area contributed by atoms with Crippen LogP contribution < -0.4 is 5.32 Å². The number of aliphatic hydroxyl groups excluding tert-OH is 1. The average Bonchev–Trinajstić information content (AvgIpc) is 2.66. The Labute approximate surface area is 124 Å². The Morgan fingerprint density at radius 3 is 2.52 bits per heavy atom. The van der Waals surface area contributed by atoms with Gasteiger partial charge in [0.1, 0.15) is 0 Å². The molecule has 0 aromatic heterocycles. The van der Waals surface area contributed by atoms with E-state index in [-0.39, 0.29) is 18.6 Å². The van der Waals surface area contributed by atoms with Crippen LogP contribution in [0.1, 0.15) is 32.1 Å². The normalized spacial score (nSPS) is 28.0. The maximum atomic E-state index is 12.3. The number of aliphatic hydroxyl groups is 1. The van der Waals surface area contributed by atoms with E-state index >= 15 is 0 Å². The van der Waals surface area contributed by atoms with Gasteiger partial charge in [-0.3, -0.25) is 9.69 Å². The van der Waals surface area contributed by atoms with Crippen LogP contribution in [0.4, 0.5) is 4.79 Å². The Morgan fingerprint density at radius 2 is 1.81 bits per heavy atom. The van der Waals surface area contributed by atoms with Crippen LogP contribution in [0.2, 0.25) is 0 Å².